The smallest absolute Gasteiger partial charge is 0.305 e. The molecule has 6 unspecified atom stereocenters. The Balaban J connectivity index is 0.000000361. The molecule has 0 amide bonds. The normalized spacial score (nSPS) is 42.3. The fraction of sp³-hybridized carbons (Fsp3) is 0.870. The Labute approximate surface area is 510 Å². The van der Waals surface area contributed by atoms with Crippen molar-refractivity contribution in [2.75, 3.05) is 33.0 Å². The monoisotopic (exact) mass is 1290 g/mol. The number of ether oxygens (including phenoxy) is 17. The van der Waals surface area contributed by atoms with Gasteiger partial charge in [0.15, 0.2) is 55.9 Å². The van der Waals surface area contributed by atoms with Gasteiger partial charge in [0.25, 0.3) is 0 Å². The summed E-state index contributed by atoms with van der Waals surface area (Å²) in [7, 11) is 0. The lowest BCUT2D eigenvalue weighted by atomic mass is 9.82. The van der Waals surface area contributed by atoms with Gasteiger partial charge in [0.1, 0.15) is 85.5 Å². The van der Waals surface area contributed by atoms with Gasteiger partial charge in [0.05, 0.1) is 45.2 Å². The van der Waals surface area contributed by atoms with E-state index in [4.69, 9.17) is 80.5 Å². The van der Waals surface area contributed by atoms with Crippen LogP contribution in [0.5, 0.6) is 0 Å². The quantitative estimate of drug-likeness (QED) is 0.0377. The summed E-state index contributed by atoms with van der Waals surface area (Å²) in [5, 5.41) is 108. The van der Waals surface area contributed by atoms with E-state index in [1.807, 2.05) is 20.8 Å². The number of aliphatic hydroxyl groups is 11. The molecule has 6 fully saturated rings. The molecule has 0 spiro atoms. The van der Waals surface area contributed by atoms with Crippen molar-refractivity contribution in [3.05, 3.63) is 0 Å². The molecule has 35 nitrogen and oxygen atoms in total. The molecule has 89 heavy (non-hydrogen) atoms. The van der Waals surface area contributed by atoms with Gasteiger partial charge in [0.2, 0.25) is 12.4 Å². The molecule has 0 aromatic heterocycles. The summed E-state index contributed by atoms with van der Waals surface area (Å²) in [4.78, 5) is 85.5. The lowest BCUT2D eigenvalue weighted by molar-refractivity contribution is -0.340. The van der Waals surface area contributed by atoms with Crippen molar-refractivity contribution in [3.8, 4) is 0 Å². The first-order valence-corrected chi connectivity index (χ1v) is 28.7. The molecule has 0 aromatic rings. The average molecular weight is 1300 g/mol. The Morgan fingerprint density at radius 3 is 1.12 bits per heavy atom. The zero-order valence-electron chi connectivity index (χ0n) is 50.8. The van der Waals surface area contributed by atoms with Crippen molar-refractivity contribution < 1.29 is 170 Å². The van der Waals surface area contributed by atoms with Crippen LogP contribution in [0.4, 0.5) is 0 Å². The highest BCUT2D eigenvalue weighted by molar-refractivity contribution is 5.69. The average Bonchev–Trinajstić information content (AvgIpc) is 2.41. The van der Waals surface area contributed by atoms with Gasteiger partial charge in [-0.3, -0.25) is 33.6 Å². The third kappa shape index (κ3) is 19.7. The predicted molar refractivity (Wildman–Crippen MR) is 282 cm³/mol. The molecule has 0 radical (unpaired) electrons. The molecular formula is C54H86O35. The third-order valence-electron chi connectivity index (χ3n) is 15.5. The van der Waals surface area contributed by atoms with Gasteiger partial charge in [-0.15, -0.1) is 0 Å². The zero-order valence-corrected chi connectivity index (χ0v) is 50.8. The van der Waals surface area contributed by atoms with Crippen LogP contribution in [0.25, 0.3) is 0 Å². The van der Waals surface area contributed by atoms with E-state index in [0.717, 1.165) is 34.6 Å². The molecule has 512 valence electrons. The Bertz CT molecular complexity index is 2310. The van der Waals surface area contributed by atoms with Gasteiger partial charge in [0, 0.05) is 60.3 Å². The maximum absolute atomic E-state index is 12.4. The minimum Gasteiger partial charge on any atom is -0.458 e. The first-order chi connectivity index (χ1) is 41.7. The SMILES string of the molecule is CC[C@H]1O[C@@H](OCC2O[C@@H](OCC3OC(OC(C)=O)[C@H](OC(C)=O)[C@@H](OC(C)=O)[C@@H]3OC(C)=O)[C@H](OC(C)=O)[C@@H](OC(C)=O)[C@@H]2C)[C@H](OC(C)=O)[C@@H](C)[C@@H]1C.OC[C@H]1O[C@@H](OCC2O[C@@H](OCC3OC(O)[C@H](O)[C@@H](O)[C@@H]3O)[C@H](O)[C@@H](O)[C@@H]2O)[C@H](O)[C@@H](O)[C@@H]1O. The number of hydrogen-bond donors (Lipinski definition) is 11. The number of esters is 7. The second-order valence-electron chi connectivity index (χ2n) is 22.3. The maximum Gasteiger partial charge on any atom is 0.305 e. The zero-order chi connectivity index (χ0) is 66.6. The van der Waals surface area contributed by atoms with E-state index in [1.54, 1.807) is 6.92 Å². The van der Waals surface area contributed by atoms with Crippen LogP contribution in [0.3, 0.4) is 0 Å². The number of carbonyl (C=O) groups is 7. The Morgan fingerprint density at radius 2 is 0.640 bits per heavy atom. The van der Waals surface area contributed by atoms with Crippen LogP contribution in [0.2, 0.25) is 0 Å². The maximum atomic E-state index is 12.4. The van der Waals surface area contributed by atoms with Crippen LogP contribution in [0.1, 0.15) is 82.6 Å². The molecule has 6 heterocycles. The number of aliphatic hydroxyl groups excluding tert-OH is 11. The molecule has 6 aliphatic heterocycles. The summed E-state index contributed by atoms with van der Waals surface area (Å²) in [6.07, 6.45) is -38.4. The molecular weight excluding hydrogens is 1210 g/mol. The predicted octanol–water partition coefficient (Wildman–Crippen LogP) is -5.91. The molecule has 11 N–H and O–H groups in total. The van der Waals surface area contributed by atoms with E-state index in [1.165, 1.54) is 13.8 Å². The van der Waals surface area contributed by atoms with E-state index in [2.05, 4.69) is 0 Å². The minimum atomic E-state index is -1.82. The van der Waals surface area contributed by atoms with Crippen LogP contribution in [0, 0.1) is 17.8 Å². The lowest BCUT2D eigenvalue weighted by Crippen LogP contribution is -2.64. The molecule has 0 aliphatic carbocycles. The van der Waals surface area contributed by atoms with Crippen molar-refractivity contribution in [1.29, 1.82) is 0 Å². The van der Waals surface area contributed by atoms with Crippen LogP contribution >= 0.6 is 0 Å². The molecule has 35 heteroatoms. The van der Waals surface area contributed by atoms with Crippen LogP contribution in [-0.2, 0) is 114 Å². The van der Waals surface area contributed by atoms with Gasteiger partial charge in [-0.1, -0.05) is 27.7 Å². The molecule has 0 aromatic carbocycles. The summed E-state index contributed by atoms with van der Waals surface area (Å²) < 4.78 is 95.3. The van der Waals surface area contributed by atoms with Crippen molar-refractivity contribution >= 4 is 41.8 Å². The molecule has 30 atom stereocenters. The third-order valence-corrected chi connectivity index (χ3v) is 15.5. The van der Waals surface area contributed by atoms with E-state index >= 15 is 0 Å². The fourth-order valence-corrected chi connectivity index (χ4v) is 10.7. The summed E-state index contributed by atoms with van der Waals surface area (Å²) in [6, 6.07) is 0. The summed E-state index contributed by atoms with van der Waals surface area (Å²) in [5.41, 5.74) is 0. The van der Waals surface area contributed by atoms with E-state index in [0.29, 0.717) is 6.42 Å². The van der Waals surface area contributed by atoms with E-state index in [-0.39, 0.29) is 24.5 Å². The van der Waals surface area contributed by atoms with Crippen LogP contribution in [0.15, 0.2) is 0 Å². The van der Waals surface area contributed by atoms with Crippen molar-refractivity contribution in [2.24, 2.45) is 17.8 Å². The van der Waals surface area contributed by atoms with Crippen molar-refractivity contribution in [3.63, 3.8) is 0 Å². The minimum absolute atomic E-state index is 0.0395. The largest absolute Gasteiger partial charge is 0.458 e. The highest BCUT2D eigenvalue weighted by Crippen LogP contribution is 2.38. The topological polar surface area (TPSA) is 499 Å². The number of rotatable bonds is 21. The summed E-state index contributed by atoms with van der Waals surface area (Å²) in [6.45, 7) is 12.8. The molecule has 0 saturated carbocycles. The molecule has 6 rings (SSSR count). The summed E-state index contributed by atoms with van der Waals surface area (Å²) in [5.74, 6) is -6.19. The number of hydrogen-bond acceptors (Lipinski definition) is 35. The summed E-state index contributed by atoms with van der Waals surface area (Å²) >= 11 is 0. The molecule has 6 saturated heterocycles. The highest BCUT2D eigenvalue weighted by atomic mass is 16.8. The second kappa shape index (κ2) is 33.9. The van der Waals surface area contributed by atoms with Crippen LogP contribution in [-0.4, -0.2) is 297 Å². The van der Waals surface area contributed by atoms with Crippen molar-refractivity contribution in [1.82, 2.24) is 0 Å². The van der Waals surface area contributed by atoms with Gasteiger partial charge in [-0.05, 0) is 12.3 Å². The second-order valence-corrected chi connectivity index (χ2v) is 22.3. The van der Waals surface area contributed by atoms with E-state index < -0.39 is 234 Å². The molecule has 6 aliphatic rings. The fourth-order valence-electron chi connectivity index (χ4n) is 10.7. The van der Waals surface area contributed by atoms with Gasteiger partial charge in [-0.2, -0.15) is 0 Å². The highest BCUT2D eigenvalue weighted by Gasteiger charge is 2.56. The molecule has 0 bridgehead atoms. The number of carbonyl (C=O) groups excluding carboxylic acids is 7. The first-order valence-electron chi connectivity index (χ1n) is 28.7. The first kappa shape index (κ1) is 75.2. The Morgan fingerprint density at radius 1 is 0.303 bits per heavy atom. The van der Waals surface area contributed by atoms with Crippen LogP contribution < -0.4 is 0 Å². The Hall–Kier alpha value is -4.55. The van der Waals surface area contributed by atoms with Gasteiger partial charge in [-0.25, -0.2) is 0 Å². The van der Waals surface area contributed by atoms with Crippen molar-refractivity contribution in [2.45, 2.75) is 249 Å². The standard InChI is InChI=1S/C36H54O19.C18H32O16/c1-12-25-15(2)16(3)29(47-19(6)38)34(53-25)44-13-26-17(4)28(46-18(5)37)32(50-22(9)41)35(54-26)45-14-27-30(48-20(7)39)31(49-21(8)40)33(51-23(10)42)36(55-27)52-24(11)43;19-1-4-7(20)11(24)14(27)17(33-4)31-3-6-9(22)12(25)15(28)18(34-6)30-2-5-8(21)10(23)13(26)16(29)32-5/h15-17,25-36H,12-14H2,1-11H3;4-29H,1-3H2/t15-,16-,17+,25+,26?,27?,28-,29+,30+,31-,32+,33+,34+,35+,36?;4-,5?,6?,7-,8-,9-,10+,11+,12+,13-,14-,15-,16?,17-,18-/m01/s1. The van der Waals surface area contributed by atoms with Gasteiger partial charge < -0.3 is 137 Å². The Kier molecular flexibility index (Phi) is 28.6. The van der Waals surface area contributed by atoms with E-state index in [9.17, 15) is 89.7 Å². The van der Waals surface area contributed by atoms with Gasteiger partial charge >= 0.3 is 41.8 Å². The lowest BCUT2D eigenvalue weighted by Gasteiger charge is -2.47.